The Labute approximate surface area is 132 Å². The fraction of sp³-hybridized carbons (Fsp3) is 0.188. The molecule has 0 saturated heterocycles. The Bertz CT molecular complexity index is 809. The number of rotatable bonds is 4. The lowest BCUT2D eigenvalue weighted by Gasteiger charge is -2.06. The Morgan fingerprint density at radius 1 is 1.13 bits per heavy atom. The van der Waals surface area contributed by atoms with Gasteiger partial charge in [0.2, 0.25) is 11.8 Å². The molecule has 1 amide bonds. The third-order valence-corrected chi connectivity index (χ3v) is 3.07. The predicted octanol–water partition coefficient (Wildman–Crippen LogP) is 2.32. The van der Waals surface area contributed by atoms with Crippen molar-refractivity contribution in [3.8, 4) is 11.6 Å². The first-order valence-electron chi connectivity index (χ1n) is 7.07. The van der Waals surface area contributed by atoms with E-state index in [1.807, 2.05) is 32.0 Å². The fourth-order valence-electron chi connectivity index (χ4n) is 2.23. The number of nitrogens with one attached hydrogen (secondary N) is 1. The molecule has 0 spiro atoms. The molecule has 0 saturated carbocycles. The van der Waals surface area contributed by atoms with Gasteiger partial charge in [-0.3, -0.25) is 9.78 Å². The lowest BCUT2D eigenvalue weighted by molar-refractivity contribution is -0.115. The van der Waals surface area contributed by atoms with Crippen LogP contribution in [0.1, 0.15) is 17.0 Å². The van der Waals surface area contributed by atoms with Crippen molar-refractivity contribution < 1.29 is 9.21 Å². The third-order valence-electron chi connectivity index (χ3n) is 3.07. The highest BCUT2D eigenvalue weighted by Gasteiger charge is 2.13. The Morgan fingerprint density at radius 3 is 2.61 bits per heavy atom. The van der Waals surface area contributed by atoms with E-state index in [0.29, 0.717) is 5.69 Å². The van der Waals surface area contributed by atoms with Gasteiger partial charge in [-0.2, -0.15) is 0 Å². The predicted molar refractivity (Wildman–Crippen MR) is 83.6 cm³/mol. The molecule has 0 aliphatic rings. The minimum Gasteiger partial charge on any atom is -0.419 e. The molecule has 2 heterocycles. The summed E-state index contributed by atoms with van der Waals surface area (Å²) in [6, 6.07) is 5.86. The second kappa shape index (κ2) is 6.35. The van der Waals surface area contributed by atoms with Crippen molar-refractivity contribution in [1.82, 2.24) is 20.2 Å². The summed E-state index contributed by atoms with van der Waals surface area (Å²) < 4.78 is 5.44. The number of nitrogens with zero attached hydrogens (tertiary/aromatic N) is 4. The molecule has 0 atom stereocenters. The molecule has 1 N–H and O–H groups in total. The normalized spacial score (nSPS) is 10.5. The average molecular weight is 309 g/mol. The van der Waals surface area contributed by atoms with Crippen LogP contribution < -0.4 is 5.32 Å². The van der Waals surface area contributed by atoms with E-state index in [1.54, 1.807) is 6.20 Å². The minimum atomic E-state index is -0.218. The van der Waals surface area contributed by atoms with Crippen LogP contribution in [-0.4, -0.2) is 26.1 Å². The van der Waals surface area contributed by atoms with Gasteiger partial charge in [-0.15, -0.1) is 10.2 Å². The molecule has 3 aromatic rings. The lowest BCUT2D eigenvalue weighted by Crippen LogP contribution is -2.14. The van der Waals surface area contributed by atoms with Gasteiger partial charge in [-0.05, 0) is 37.1 Å². The number of carbonyl (C=O) groups is 1. The van der Waals surface area contributed by atoms with E-state index in [0.717, 1.165) is 16.8 Å². The van der Waals surface area contributed by atoms with E-state index in [9.17, 15) is 4.79 Å². The highest BCUT2D eigenvalue weighted by atomic mass is 16.4. The molecule has 0 aliphatic carbocycles. The van der Waals surface area contributed by atoms with E-state index < -0.39 is 0 Å². The molecule has 1 aromatic carbocycles. The smallest absolute Gasteiger partial charge is 0.267 e. The first kappa shape index (κ1) is 14.8. The van der Waals surface area contributed by atoms with E-state index >= 15 is 0 Å². The number of hydrogen-bond acceptors (Lipinski definition) is 6. The summed E-state index contributed by atoms with van der Waals surface area (Å²) in [5.41, 5.74) is 3.40. The zero-order valence-corrected chi connectivity index (χ0v) is 12.8. The van der Waals surface area contributed by atoms with Crippen LogP contribution in [0, 0.1) is 13.8 Å². The quantitative estimate of drug-likeness (QED) is 0.795. The Hall–Kier alpha value is -3.09. The van der Waals surface area contributed by atoms with E-state index in [2.05, 4.69) is 25.5 Å². The van der Waals surface area contributed by atoms with Crippen LogP contribution in [0.25, 0.3) is 11.6 Å². The largest absolute Gasteiger partial charge is 0.419 e. The van der Waals surface area contributed by atoms with Crippen LogP contribution in [0.4, 0.5) is 5.69 Å². The number of carbonyl (C=O) groups excluding carboxylic acids is 1. The molecule has 2 aromatic heterocycles. The number of amides is 1. The molecule has 7 nitrogen and oxygen atoms in total. The molecule has 0 radical (unpaired) electrons. The maximum atomic E-state index is 12.1. The van der Waals surface area contributed by atoms with Gasteiger partial charge >= 0.3 is 0 Å². The Balaban J connectivity index is 1.68. The van der Waals surface area contributed by atoms with Crippen molar-refractivity contribution in [2.75, 3.05) is 5.32 Å². The first-order valence-corrected chi connectivity index (χ1v) is 7.07. The molecule has 0 unspecified atom stereocenters. The lowest BCUT2D eigenvalue weighted by atomic mass is 10.1. The molecule has 116 valence electrons. The van der Waals surface area contributed by atoms with Crippen LogP contribution in [0.2, 0.25) is 0 Å². The number of aryl methyl sites for hydroxylation is 2. The Morgan fingerprint density at radius 2 is 1.91 bits per heavy atom. The summed E-state index contributed by atoms with van der Waals surface area (Å²) in [7, 11) is 0. The van der Waals surface area contributed by atoms with E-state index in [4.69, 9.17) is 4.42 Å². The fourth-order valence-corrected chi connectivity index (χ4v) is 2.23. The van der Waals surface area contributed by atoms with Gasteiger partial charge in [0.05, 0.1) is 6.20 Å². The van der Waals surface area contributed by atoms with Crippen LogP contribution in [0.5, 0.6) is 0 Å². The molecule has 7 heteroatoms. The second-order valence-corrected chi connectivity index (χ2v) is 5.19. The van der Waals surface area contributed by atoms with Gasteiger partial charge < -0.3 is 9.73 Å². The highest BCUT2D eigenvalue weighted by Crippen LogP contribution is 2.16. The summed E-state index contributed by atoms with van der Waals surface area (Å²) in [6.07, 6.45) is 4.61. The number of hydrogen-bond donors (Lipinski definition) is 1. The molecular weight excluding hydrogens is 294 g/mol. The number of benzene rings is 1. The van der Waals surface area contributed by atoms with Crippen LogP contribution in [-0.2, 0) is 11.2 Å². The topological polar surface area (TPSA) is 93.8 Å². The van der Waals surface area contributed by atoms with Gasteiger partial charge in [0.15, 0.2) is 0 Å². The average Bonchev–Trinajstić information content (AvgIpc) is 2.95. The zero-order chi connectivity index (χ0) is 16.2. The maximum Gasteiger partial charge on any atom is 0.267 e. The van der Waals surface area contributed by atoms with Crippen molar-refractivity contribution >= 4 is 11.6 Å². The van der Waals surface area contributed by atoms with E-state index in [-0.39, 0.29) is 24.1 Å². The molecule has 3 rings (SSSR count). The summed E-state index contributed by atoms with van der Waals surface area (Å²) in [4.78, 5) is 20.1. The van der Waals surface area contributed by atoms with Gasteiger partial charge in [-0.25, -0.2) is 4.98 Å². The summed E-state index contributed by atoms with van der Waals surface area (Å²) in [6.45, 7) is 3.96. The zero-order valence-electron chi connectivity index (χ0n) is 12.8. The van der Waals surface area contributed by atoms with Crippen LogP contribution >= 0.6 is 0 Å². The van der Waals surface area contributed by atoms with Gasteiger partial charge in [-0.1, -0.05) is 6.07 Å². The molecular formula is C16H15N5O2. The SMILES string of the molecule is Cc1cc(C)cc(NC(=O)Cc2nnc(-c3cnccn3)o2)c1. The number of anilines is 1. The Kier molecular flexibility index (Phi) is 4.09. The van der Waals surface area contributed by atoms with Crippen molar-refractivity contribution in [3.05, 3.63) is 53.8 Å². The summed E-state index contributed by atoms with van der Waals surface area (Å²) >= 11 is 0. The van der Waals surface area contributed by atoms with Crippen LogP contribution in [0.3, 0.4) is 0 Å². The first-order chi connectivity index (χ1) is 11.1. The highest BCUT2D eigenvalue weighted by molar-refractivity contribution is 5.91. The van der Waals surface area contributed by atoms with Gasteiger partial charge in [0.1, 0.15) is 12.1 Å². The van der Waals surface area contributed by atoms with Crippen molar-refractivity contribution in [1.29, 1.82) is 0 Å². The van der Waals surface area contributed by atoms with E-state index in [1.165, 1.54) is 12.4 Å². The van der Waals surface area contributed by atoms with Crippen molar-refractivity contribution in [2.24, 2.45) is 0 Å². The standard InChI is InChI=1S/C16H15N5O2/c1-10-5-11(2)7-12(6-10)19-14(22)8-15-20-21-16(23-15)13-9-17-3-4-18-13/h3-7,9H,8H2,1-2H3,(H,19,22). The number of aromatic nitrogens is 4. The molecule has 0 bridgehead atoms. The summed E-state index contributed by atoms with van der Waals surface area (Å²) in [5.74, 6) is 0.254. The third kappa shape index (κ3) is 3.76. The van der Waals surface area contributed by atoms with Crippen molar-refractivity contribution in [2.45, 2.75) is 20.3 Å². The molecule has 0 aliphatic heterocycles. The summed E-state index contributed by atoms with van der Waals surface area (Å²) in [5, 5.41) is 10.6. The maximum absolute atomic E-state index is 12.1. The van der Waals surface area contributed by atoms with Crippen molar-refractivity contribution in [3.63, 3.8) is 0 Å². The van der Waals surface area contributed by atoms with Crippen LogP contribution in [0.15, 0.2) is 41.2 Å². The molecule has 0 fully saturated rings. The molecule has 23 heavy (non-hydrogen) atoms. The van der Waals surface area contributed by atoms with Gasteiger partial charge in [0.25, 0.3) is 5.89 Å². The second-order valence-electron chi connectivity index (χ2n) is 5.19. The minimum absolute atomic E-state index is 0.000250. The van der Waals surface area contributed by atoms with Gasteiger partial charge in [0, 0.05) is 18.1 Å². The monoisotopic (exact) mass is 309 g/mol.